The van der Waals surface area contributed by atoms with E-state index in [4.69, 9.17) is 5.26 Å². The summed E-state index contributed by atoms with van der Waals surface area (Å²) in [5, 5.41) is 11.9. The minimum Gasteiger partial charge on any atom is -0.321 e. The lowest BCUT2D eigenvalue weighted by Gasteiger charge is -2.22. The van der Waals surface area contributed by atoms with Crippen molar-refractivity contribution in [2.24, 2.45) is 0 Å². The van der Waals surface area contributed by atoms with E-state index < -0.39 is 0 Å². The number of benzene rings is 2. The first-order chi connectivity index (χ1) is 13.2. The predicted molar refractivity (Wildman–Crippen MR) is 103 cm³/mol. The zero-order valence-corrected chi connectivity index (χ0v) is 14.8. The molecule has 6 heteroatoms. The van der Waals surface area contributed by atoms with E-state index in [2.05, 4.69) is 45.3 Å². The highest BCUT2D eigenvalue weighted by Crippen LogP contribution is 2.36. The Bertz CT molecular complexity index is 1040. The van der Waals surface area contributed by atoms with E-state index in [9.17, 15) is 4.79 Å². The second-order valence-electron chi connectivity index (χ2n) is 6.44. The fraction of sp³-hybridized carbons (Fsp3) is 0.143. The van der Waals surface area contributed by atoms with Crippen molar-refractivity contribution in [3.8, 4) is 6.07 Å². The summed E-state index contributed by atoms with van der Waals surface area (Å²) in [5.41, 5.74) is 3.59. The first-order valence-corrected chi connectivity index (χ1v) is 8.67. The number of hydrogen-bond donors (Lipinski definition) is 1. The molecule has 0 spiro atoms. The molecule has 1 aliphatic heterocycles. The van der Waals surface area contributed by atoms with Gasteiger partial charge in [-0.25, -0.2) is 9.97 Å². The molecule has 1 aromatic heterocycles. The number of nitrogens with zero attached hydrogens (tertiary/aromatic N) is 4. The summed E-state index contributed by atoms with van der Waals surface area (Å²) in [4.78, 5) is 23.4. The summed E-state index contributed by atoms with van der Waals surface area (Å²) >= 11 is 0. The second kappa shape index (κ2) is 6.89. The number of anilines is 3. The molecule has 1 N–H and O–H groups in total. The first kappa shape index (κ1) is 16.7. The minimum atomic E-state index is -0.348. The van der Waals surface area contributed by atoms with Gasteiger partial charge in [0.05, 0.1) is 16.8 Å². The molecule has 27 heavy (non-hydrogen) atoms. The lowest BCUT2D eigenvalue weighted by Crippen LogP contribution is -2.26. The molecule has 0 radical (unpaired) electrons. The van der Waals surface area contributed by atoms with Crippen LogP contribution in [0.4, 0.5) is 17.3 Å². The van der Waals surface area contributed by atoms with Gasteiger partial charge >= 0.3 is 0 Å². The third-order valence-corrected chi connectivity index (χ3v) is 4.62. The fourth-order valence-electron chi connectivity index (χ4n) is 3.32. The van der Waals surface area contributed by atoms with Gasteiger partial charge in [-0.05, 0) is 37.1 Å². The number of amides is 1. The summed E-state index contributed by atoms with van der Waals surface area (Å²) in [5.74, 6) is 0.223. The molecule has 6 nitrogen and oxygen atoms in total. The van der Waals surface area contributed by atoms with Crippen molar-refractivity contribution in [1.29, 1.82) is 5.26 Å². The van der Waals surface area contributed by atoms with Crippen LogP contribution in [-0.4, -0.2) is 21.9 Å². The number of carbonyl (C=O) groups is 1. The Hall–Kier alpha value is -3.72. The van der Waals surface area contributed by atoms with Crippen molar-refractivity contribution in [2.45, 2.75) is 19.4 Å². The van der Waals surface area contributed by atoms with Crippen LogP contribution in [0.5, 0.6) is 0 Å². The van der Waals surface area contributed by atoms with Crippen LogP contribution >= 0.6 is 0 Å². The average Bonchev–Trinajstić information content (AvgIpc) is 3.04. The van der Waals surface area contributed by atoms with E-state index >= 15 is 0 Å². The van der Waals surface area contributed by atoms with Crippen LogP contribution in [0.3, 0.4) is 0 Å². The Morgan fingerprint density at radius 3 is 2.63 bits per heavy atom. The number of para-hydroxylation sites is 2. The highest BCUT2D eigenvalue weighted by Gasteiger charge is 2.28. The summed E-state index contributed by atoms with van der Waals surface area (Å²) < 4.78 is 0. The maximum absolute atomic E-state index is 12.5. The molecule has 0 fully saturated rings. The standard InChI is InChI=1S/C21H17N5O/c1-14-10-15-6-3-5-9-19(15)26(14)21-23-12-17(13-24-21)20(27)25-18-8-4-2-7-16(18)11-22/h2-9,12-14H,10H2,1H3,(H,25,27). The van der Waals surface area contributed by atoms with Crippen LogP contribution < -0.4 is 10.2 Å². The van der Waals surface area contributed by atoms with Crippen LogP contribution in [0.15, 0.2) is 60.9 Å². The molecule has 1 aliphatic rings. The normalized spacial score (nSPS) is 15.1. The third-order valence-electron chi connectivity index (χ3n) is 4.62. The van der Waals surface area contributed by atoms with Gasteiger partial charge in [0.25, 0.3) is 5.91 Å². The first-order valence-electron chi connectivity index (χ1n) is 8.67. The van der Waals surface area contributed by atoms with Crippen molar-refractivity contribution in [3.05, 3.63) is 77.6 Å². The number of aromatic nitrogens is 2. The van der Waals surface area contributed by atoms with Crippen LogP contribution in [0.25, 0.3) is 0 Å². The van der Waals surface area contributed by atoms with Crippen LogP contribution in [0.2, 0.25) is 0 Å². The lowest BCUT2D eigenvalue weighted by atomic mass is 10.1. The van der Waals surface area contributed by atoms with Gasteiger partial charge < -0.3 is 10.2 Å². The maximum Gasteiger partial charge on any atom is 0.258 e. The van der Waals surface area contributed by atoms with Crippen molar-refractivity contribution < 1.29 is 4.79 Å². The zero-order chi connectivity index (χ0) is 18.8. The Kier molecular flexibility index (Phi) is 4.27. The third kappa shape index (κ3) is 3.11. The molecule has 2 heterocycles. The van der Waals surface area contributed by atoms with Gasteiger partial charge in [0.1, 0.15) is 6.07 Å². The molecule has 4 rings (SSSR count). The molecule has 0 bridgehead atoms. The van der Waals surface area contributed by atoms with Gasteiger partial charge in [-0.1, -0.05) is 30.3 Å². The fourth-order valence-corrected chi connectivity index (χ4v) is 3.32. The van der Waals surface area contributed by atoms with E-state index in [-0.39, 0.29) is 11.9 Å². The molecule has 1 unspecified atom stereocenters. The zero-order valence-electron chi connectivity index (χ0n) is 14.8. The quantitative estimate of drug-likeness (QED) is 0.775. The Morgan fingerprint density at radius 1 is 1.15 bits per heavy atom. The van der Waals surface area contributed by atoms with Crippen molar-refractivity contribution in [1.82, 2.24) is 9.97 Å². The van der Waals surface area contributed by atoms with Gasteiger partial charge in [-0.2, -0.15) is 5.26 Å². The highest BCUT2D eigenvalue weighted by atomic mass is 16.1. The van der Waals surface area contributed by atoms with Crippen molar-refractivity contribution in [2.75, 3.05) is 10.2 Å². The maximum atomic E-state index is 12.5. The van der Waals surface area contributed by atoms with E-state index in [0.717, 1.165) is 12.1 Å². The minimum absolute atomic E-state index is 0.254. The Labute approximate surface area is 157 Å². The summed E-state index contributed by atoms with van der Waals surface area (Å²) in [7, 11) is 0. The van der Waals surface area contributed by atoms with Gasteiger partial charge in [-0.3, -0.25) is 4.79 Å². The van der Waals surface area contributed by atoms with Gasteiger partial charge in [-0.15, -0.1) is 0 Å². The average molecular weight is 355 g/mol. The van der Waals surface area contributed by atoms with Crippen molar-refractivity contribution >= 4 is 23.2 Å². The van der Waals surface area contributed by atoms with Crippen LogP contribution in [0.1, 0.15) is 28.4 Å². The van der Waals surface area contributed by atoms with E-state index in [1.165, 1.54) is 18.0 Å². The number of nitriles is 1. The van der Waals surface area contributed by atoms with Gasteiger partial charge in [0.2, 0.25) is 5.95 Å². The van der Waals surface area contributed by atoms with Crippen LogP contribution in [0, 0.1) is 11.3 Å². The Balaban J connectivity index is 1.56. The van der Waals surface area contributed by atoms with Gasteiger partial charge in [0, 0.05) is 24.1 Å². The second-order valence-corrected chi connectivity index (χ2v) is 6.44. The molecule has 1 amide bonds. The number of carbonyl (C=O) groups excluding carboxylic acids is 1. The van der Waals surface area contributed by atoms with Crippen molar-refractivity contribution in [3.63, 3.8) is 0 Å². The molecule has 0 aliphatic carbocycles. The van der Waals surface area contributed by atoms with E-state index in [0.29, 0.717) is 22.8 Å². The summed E-state index contributed by atoms with van der Waals surface area (Å²) in [6.07, 6.45) is 3.97. The predicted octanol–water partition coefficient (Wildman–Crippen LogP) is 3.68. The smallest absolute Gasteiger partial charge is 0.258 e. The van der Waals surface area contributed by atoms with Crippen LogP contribution in [-0.2, 0) is 6.42 Å². The molecule has 0 saturated carbocycles. The molecule has 132 valence electrons. The van der Waals surface area contributed by atoms with E-state index in [1.54, 1.807) is 24.3 Å². The molecule has 0 saturated heterocycles. The largest absolute Gasteiger partial charge is 0.321 e. The number of hydrogen-bond acceptors (Lipinski definition) is 5. The number of fused-ring (bicyclic) bond motifs is 1. The Morgan fingerprint density at radius 2 is 1.85 bits per heavy atom. The topological polar surface area (TPSA) is 81.9 Å². The highest BCUT2D eigenvalue weighted by molar-refractivity contribution is 6.04. The lowest BCUT2D eigenvalue weighted by molar-refractivity contribution is 0.102. The molecule has 1 atom stereocenters. The molecular formula is C21H17N5O. The number of rotatable bonds is 3. The molecular weight excluding hydrogens is 338 g/mol. The SMILES string of the molecule is CC1Cc2ccccc2N1c1ncc(C(=O)Nc2ccccc2C#N)cn1. The number of nitrogens with one attached hydrogen (secondary N) is 1. The monoisotopic (exact) mass is 355 g/mol. The summed E-state index contributed by atoms with van der Waals surface area (Å²) in [6.45, 7) is 2.13. The van der Waals surface area contributed by atoms with Gasteiger partial charge in [0.15, 0.2) is 0 Å². The summed E-state index contributed by atoms with van der Waals surface area (Å²) in [6, 6.07) is 17.4. The molecule has 3 aromatic rings. The molecule has 2 aromatic carbocycles. The van der Waals surface area contributed by atoms with E-state index in [1.807, 2.05) is 12.1 Å².